The molecule has 0 saturated carbocycles. The summed E-state index contributed by atoms with van der Waals surface area (Å²) >= 11 is 0. The molecule has 25 heavy (non-hydrogen) atoms. The Morgan fingerprint density at radius 3 is 2.56 bits per heavy atom. The van der Waals surface area contributed by atoms with Crippen molar-refractivity contribution >= 4 is 17.8 Å². The quantitative estimate of drug-likeness (QED) is 0.762. The zero-order valence-corrected chi connectivity index (χ0v) is 15.7. The average molecular weight is 352 g/mol. The van der Waals surface area contributed by atoms with Crippen molar-refractivity contribution < 1.29 is 19.5 Å². The van der Waals surface area contributed by atoms with Gasteiger partial charge >= 0.3 is 5.97 Å². The number of allylic oxidation sites excluding steroid dienone is 2. The van der Waals surface area contributed by atoms with Crippen molar-refractivity contribution in [3.8, 4) is 0 Å². The third-order valence-corrected chi connectivity index (χ3v) is 4.90. The van der Waals surface area contributed by atoms with Crippen molar-refractivity contribution in [1.82, 2.24) is 10.2 Å². The smallest absolute Gasteiger partial charge is 0.304 e. The molecule has 1 aliphatic rings. The number of carbonyl (C=O) groups is 3. The van der Waals surface area contributed by atoms with E-state index in [1.54, 1.807) is 11.9 Å². The lowest BCUT2D eigenvalue weighted by molar-refractivity contribution is -0.142. The molecule has 6 heteroatoms. The second-order valence-corrected chi connectivity index (χ2v) is 6.97. The molecule has 1 rings (SSSR count). The molecule has 0 fully saturated rings. The first-order valence-corrected chi connectivity index (χ1v) is 9.28. The van der Waals surface area contributed by atoms with Crippen molar-refractivity contribution in [2.45, 2.75) is 64.8 Å². The Bertz CT molecular complexity index is 490. The van der Waals surface area contributed by atoms with Crippen LogP contribution in [0, 0.1) is 11.8 Å². The lowest BCUT2D eigenvalue weighted by atomic mass is 9.93. The molecule has 0 unspecified atom stereocenters. The number of nitrogens with one attached hydrogen (secondary N) is 1. The number of amides is 2. The first kappa shape index (κ1) is 21.2. The fourth-order valence-electron chi connectivity index (χ4n) is 3.00. The van der Waals surface area contributed by atoms with Gasteiger partial charge in [0.05, 0.1) is 6.42 Å². The summed E-state index contributed by atoms with van der Waals surface area (Å²) in [6, 6.07) is -0.600. The van der Waals surface area contributed by atoms with E-state index < -0.39 is 17.9 Å². The zero-order chi connectivity index (χ0) is 18.8. The van der Waals surface area contributed by atoms with E-state index in [-0.39, 0.29) is 24.2 Å². The normalized spacial score (nSPS) is 26.4. The fourth-order valence-corrected chi connectivity index (χ4v) is 3.00. The van der Waals surface area contributed by atoms with Crippen LogP contribution in [0.1, 0.15) is 58.8 Å². The Labute approximate surface area is 150 Å². The maximum atomic E-state index is 12.8. The van der Waals surface area contributed by atoms with Gasteiger partial charge in [-0.05, 0) is 38.0 Å². The number of carbonyl (C=O) groups excluding carboxylic acids is 2. The van der Waals surface area contributed by atoms with Crippen molar-refractivity contribution in [3.63, 3.8) is 0 Å². The summed E-state index contributed by atoms with van der Waals surface area (Å²) in [5.74, 6) is -2.01. The number of likely N-dealkylation sites (N-methyl/N-ethyl adjacent to an activating group) is 1. The Hall–Kier alpha value is -1.85. The summed E-state index contributed by atoms with van der Waals surface area (Å²) in [5.41, 5.74) is 0. The largest absolute Gasteiger partial charge is 0.481 e. The predicted molar refractivity (Wildman–Crippen MR) is 97.0 cm³/mol. The molecule has 0 spiro atoms. The molecule has 1 heterocycles. The third kappa shape index (κ3) is 7.28. The van der Waals surface area contributed by atoms with Gasteiger partial charge < -0.3 is 15.3 Å². The topological polar surface area (TPSA) is 86.7 Å². The maximum Gasteiger partial charge on any atom is 0.304 e. The van der Waals surface area contributed by atoms with Gasteiger partial charge in [-0.2, -0.15) is 0 Å². The second-order valence-electron chi connectivity index (χ2n) is 6.97. The van der Waals surface area contributed by atoms with E-state index >= 15 is 0 Å². The van der Waals surface area contributed by atoms with Crippen LogP contribution in [0.25, 0.3) is 0 Å². The van der Waals surface area contributed by atoms with Gasteiger partial charge in [0.2, 0.25) is 11.8 Å². The van der Waals surface area contributed by atoms with Gasteiger partial charge in [0.1, 0.15) is 6.04 Å². The minimum atomic E-state index is -0.986. The monoisotopic (exact) mass is 352 g/mol. The van der Waals surface area contributed by atoms with E-state index in [0.29, 0.717) is 13.0 Å². The number of carboxylic acids is 1. The average Bonchev–Trinajstić information content (AvgIpc) is 2.58. The highest BCUT2D eigenvalue weighted by atomic mass is 16.4. The molecular formula is C19H32N2O4. The van der Waals surface area contributed by atoms with Crippen LogP contribution in [0.4, 0.5) is 0 Å². The number of rotatable bonds is 4. The third-order valence-electron chi connectivity index (χ3n) is 4.90. The van der Waals surface area contributed by atoms with E-state index in [2.05, 4.69) is 17.5 Å². The fraction of sp³-hybridized carbons (Fsp3) is 0.737. The van der Waals surface area contributed by atoms with E-state index in [0.717, 1.165) is 32.1 Å². The molecule has 1 aliphatic heterocycles. The van der Waals surface area contributed by atoms with Crippen molar-refractivity contribution in [2.24, 2.45) is 11.8 Å². The molecule has 2 N–H and O–H groups in total. The summed E-state index contributed by atoms with van der Waals surface area (Å²) in [6.45, 7) is 4.56. The summed E-state index contributed by atoms with van der Waals surface area (Å²) in [6.07, 6.45) is 8.66. The highest BCUT2D eigenvalue weighted by Gasteiger charge is 2.31. The molecule has 0 aromatic carbocycles. The number of hydrogen-bond donors (Lipinski definition) is 2. The molecule has 0 aromatic heterocycles. The number of carboxylic acid groups (broad SMARTS) is 1. The van der Waals surface area contributed by atoms with E-state index in [1.165, 1.54) is 0 Å². The van der Waals surface area contributed by atoms with Crippen LogP contribution >= 0.6 is 0 Å². The Balaban J connectivity index is 2.99. The highest BCUT2D eigenvalue weighted by Crippen LogP contribution is 2.17. The van der Waals surface area contributed by atoms with Crippen molar-refractivity contribution in [3.05, 3.63) is 12.2 Å². The van der Waals surface area contributed by atoms with Crippen molar-refractivity contribution in [1.29, 1.82) is 0 Å². The first-order valence-electron chi connectivity index (χ1n) is 9.28. The van der Waals surface area contributed by atoms with Crippen LogP contribution in [0.2, 0.25) is 0 Å². The van der Waals surface area contributed by atoms with Crippen LogP contribution in [0.3, 0.4) is 0 Å². The van der Waals surface area contributed by atoms with Crippen LogP contribution in [-0.4, -0.2) is 47.4 Å². The summed E-state index contributed by atoms with van der Waals surface area (Å²) in [5, 5.41) is 11.9. The van der Waals surface area contributed by atoms with E-state index in [1.807, 2.05) is 13.8 Å². The van der Waals surface area contributed by atoms with Gasteiger partial charge in [0.15, 0.2) is 0 Å². The zero-order valence-electron chi connectivity index (χ0n) is 15.7. The van der Waals surface area contributed by atoms with E-state index in [4.69, 9.17) is 5.11 Å². The van der Waals surface area contributed by atoms with Gasteiger partial charge in [0, 0.05) is 19.5 Å². The summed E-state index contributed by atoms with van der Waals surface area (Å²) < 4.78 is 0. The van der Waals surface area contributed by atoms with Crippen LogP contribution in [0.15, 0.2) is 12.2 Å². The maximum absolute atomic E-state index is 12.8. The van der Waals surface area contributed by atoms with Gasteiger partial charge in [-0.3, -0.25) is 14.4 Å². The SMILES string of the molecule is CC[C@H](C)[C@@H]1NC(=O)[C@@H](CC(=O)O)CCC/C=C/CCCN(C)C1=O. The summed E-state index contributed by atoms with van der Waals surface area (Å²) in [7, 11) is 1.76. The Kier molecular flexibility index (Phi) is 9.24. The minimum absolute atomic E-state index is 0.00261. The molecule has 3 atom stereocenters. The van der Waals surface area contributed by atoms with Gasteiger partial charge in [-0.15, -0.1) is 0 Å². The molecule has 0 aromatic rings. The predicted octanol–water partition coefficient (Wildman–Crippen LogP) is 2.59. The lowest BCUT2D eigenvalue weighted by Crippen LogP contribution is -2.52. The van der Waals surface area contributed by atoms with Gasteiger partial charge in [-0.1, -0.05) is 32.4 Å². The minimum Gasteiger partial charge on any atom is -0.481 e. The standard InChI is InChI=1S/C19H32N2O4/c1-4-14(2)17-19(25)21(3)12-10-8-6-5-7-9-11-15(13-16(22)23)18(24)20-17/h5-6,14-15,17H,4,7-13H2,1-3H3,(H,20,24)(H,22,23)/b6-5+/t14-,15+,17-/m0/s1. The van der Waals surface area contributed by atoms with Crippen LogP contribution < -0.4 is 5.32 Å². The second kappa shape index (κ2) is 10.9. The van der Waals surface area contributed by atoms with Crippen LogP contribution in [-0.2, 0) is 14.4 Å². The number of aliphatic carboxylic acids is 1. The first-order chi connectivity index (χ1) is 11.9. The van der Waals surface area contributed by atoms with Crippen LogP contribution in [0.5, 0.6) is 0 Å². The molecular weight excluding hydrogens is 320 g/mol. The molecule has 0 saturated heterocycles. The van der Waals surface area contributed by atoms with Gasteiger partial charge in [0.25, 0.3) is 0 Å². The molecule has 0 radical (unpaired) electrons. The summed E-state index contributed by atoms with van der Waals surface area (Å²) in [4.78, 5) is 38.2. The number of hydrogen-bond acceptors (Lipinski definition) is 3. The number of nitrogens with zero attached hydrogens (tertiary/aromatic N) is 1. The van der Waals surface area contributed by atoms with E-state index in [9.17, 15) is 14.4 Å². The van der Waals surface area contributed by atoms with Gasteiger partial charge in [-0.25, -0.2) is 0 Å². The molecule has 142 valence electrons. The molecule has 6 nitrogen and oxygen atoms in total. The van der Waals surface area contributed by atoms with Crippen molar-refractivity contribution in [2.75, 3.05) is 13.6 Å². The molecule has 0 aliphatic carbocycles. The molecule has 2 amide bonds. The lowest BCUT2D eigenvalue weighted by Gasteiger charge is -2.29. The molecule has 0 bridgehead atoms. The highest BCUT2D eigenvalue weighted by molar-refractivity contribution is 5.90. The Morgan fingerprint density at radius 1 is 1.32 bits per heavy atom. The Morgan fingerprint density at radius 2 is 1.96 bits per heavy atom.